The van der Waals surface area contributed by atoms with Gasteiger partial charge in [0.1, 0.15) is 18.0 Å². The Hall–Kier alpha value is -2.14. The highest BCUT2D eigenvalue weighted by molar-refractivity contribution is 5.60. The van der Waals surface area contributed by atoms with Crippen LogP contribution in [-0.2, 0) is 6.54 Å². The number of aromatic nitrogens is 2. The van der Waals surface area contributed by atoms with Crippen LogP contribution < -0.4 is 16.2 Å². The van der Waals surface area contributed by atoms with Gasteiger partial charge >= 0.3 is 0 Å². The highest BCUT2D eigenvalue weighted by Gasteiger charge is 2.18. The molecule has 112 valence electrons. The first kappa shape index (κ1) is 15.3. The van der Waals surface area contributed by atoms with E-state index >= 15 is 0 Å². The van der Waals surface area contributed by atoms with Gasteiger partial charge < -0.3 is 10.3 Å². The first-order valence-corrected chi connectivity index (χ1v) is 7.27. The summed E-state index contributed by atoms with van der Waals surface area (Å²) in [6, 6.07) is 10.4. The number of nitrogens with zero attached hydrogens (tertiary/aromatic N) is 3. The standard InChI is InChI=1S/C16H23N5/c1-4-21(10-13-8-6-5-7-9-13)16-14(12(2)3)15(20-17)18-11-19-16/h5-9,11-12H,4,10,17H2,1-3H3,(H,18,19,20). The number of rotatable bonds is 6. The van der Waals surface area contributed by atoms with Crippen LogP contribution in [-0.4, -0.2) is 16.5 Å². The van der Waals surface area contributed by atoms with E-state index in [1.54, 1.807) is 6.33 Å². The molecule has 1 heterocycles. The maximum atomic E-state index is 5.59. The third-order valence-electron chi connectivity index (χ3n) is 3.47. The topological polar surface area (TPSA) is 67.1 Å². The minimum Gasteiger partial charge on any atom is -0.352 e. The maximum Gasteiger partial charge on any atom is 0.148 e. The Bertz CT molecular complexity index is 568. The van der Waals surface area contributed by atoms with Crippen LogP contribution >= 0.6 is 0 Å². The number of benzene rings is 1. The van der Waals surface area contributed by atoms with E-state index in [1.807, 2.05) is 6.07 Å². The van der Waals surface area contributed by atoms with Gasteiger partial charge in [0.25, 0.3) is 0 Å². The minimum absolute atomic E-state index is 0.289. The number of hydrazine groups is 1. The Balaban J connectivity index is 2.38. The van der Waals surface area contributed by atoms with Crippen LogP contribution in [0.25, 0.3) is 0 Å². The zero-order chi connectivity index (χ0) is 15.2. The fourth-order valence-electron chi connectivity index (χ4n) is 2.43. The highest BCUT2D eigenvalue weighted by atomic mass is 15.3. The van der Waals surface area contributed by atoms with Crippen molar-refractivity contribution >= 4 is 11.6 Å². The Morgan fingerprint density at radius 1 is 1.19 bits per heavy atom. The molecule has 0 saturated carbocycles. The molecule has 0 fully saturated rings. The third-order valence-corrected chi connectivity index (χ3v) is 3.47. The molecule has 0 aliphatic carbocycles. The van der Waals surface area contributed by atoms with Gasteiger partial charge in [-0.05, 0) is 18.4 Å². The summed E-state index contributed by atoms with van der Waals surface area (Å²) in [6.07, 6.45) is 1.56. The molecule has 0 saturated heterocycles. The Morgan fingerprint density at radius 3 is 2.48 bits per heavy atom. The zero-order valence-electron chi connectivity index (χ0n) is 12.9. The van der Waals surface area contributed by atoms with Gasteiger partial charge in [-0.2, -0.15) is 0 Å². The van der Waals surface area contributed by atoms with E-state index in [-0.39, 0.29) is 5.92 Å². The van der Waals surface area contributed by atoms with Gasteiger partial charge in [0, 0.05) is 18.7 Å². The second-order valence-electron chi connectivity index (χ2n) is 5.26. The summed E-state index contributed by atoms with van der Waals surface area (Å²) < 4.78 is 0. The summed E-state index contributed by atoms with van der Waals surface area (Å²) in [5, 5.41) is 0. The number of hydrogen-bond acceptors (Lipinski definition) is 5. The largest absolute Gasteiger partial charge is 0.352 e. The van der Waals surface area contributed by atoms with Crippen molar-refractivity contribution in [3.05, 3.63) is 47.8 Å². The monoisotopic (exact) mass is 285 g/mol. The molecule has 2 aromatic rings. The normalized spacial score (nSPS) is 10.7. The van der Waals surface area contributed by atoms with Crippen LogP contribution in [0.15, 0.2) is 36.7 Å². The van der Waals surface area contributed by atoms with Crippen LogP contribution in [0.3, 0.4) is 0 Å². The Kier molecular flexibility index (Phi) is 5.11. The molecule has 0 atom stereocenters. The molecule has 2 rings (SSSR count). The minimum atomic E-state index is 0.289. The molecular formula is C16H23N5. The van der Waals surface area contributed by atoms with Gasteiger partial charge in [-0.25, -0.2) is 15.8 Å². The van der Waals surface area contributed by atoms with Crippen molar-refractivity contribution < 1.29 is 0 Å². The van der Waals surface area contributed by atoms with Gasteiger partial charge in [-0.1, -0.05) is 44.2 Å². The van der Waals surface area contributed by atoms with Gasteiger partial charge in [-0.3, -0.25) is 0 Å². The number of nitrogens with one attached hydrogen (secondary N) is 1. The molecule has 0 amide bonds. The van der Waals surface area contributed by atoms with E-state index in [0.29, 0.717) is 5.82 Å². The summed E-state index contributed by atoms with van der Waals surface area (Å²) in [7, 11) is 0. The Morgan fingerprint density at radius 2 is 1.90 bits per heavy atom. The quantitative estimate of drug-likeness (QED) is 0.631. The molecule has 0 radical (unpaired) electrons. The lowest BCUT2D eigenvalue weighted by molar-refractivity contribution is 0.771. The molecule has 0 aliphatic heterocycles. The molecular weight excluding hydrogens is 262 g/mol. The first-order valence-electron chi connectivity index (χ1n) is 7.27. The summed E-state index contributed by atoms with van der Waals surface area (Å²) >= 11 is 0. The van der Waals surface area contributed by atoms with Crippen molar-refractivity contribution in [1.82, 2.24) is 9.97 Å². The van der Waals surface area contributed by atoms with Crippen LogP contribution in [0.2, 0.25) is 0 Å². The molecule has 0 aliphatic rings. The molecule has 3 N–H and O–H groups in total. The lowest BCUT2D eigenvalue weighted by atomic mass is 10.0. The summed E-state index contributed by atoms with van der Waals surface area (Å²) in [5.74, 6) is 7.52. The fraction of sp³-hybridized carbons (Fsp3) is 0.375. The molecule has 5 nitrogen and oxygen atoms in total. The second kappa shape index (κ2) is 7.04. The summed E-state index contributed by atoms with van der Waals surface area (Å²) in [6.45, 7) is 8.07. The SMILES string of the molecule is CCN(Cc1ccccc1)c1ncnc(NN)c1C(C)C. The Labute approximate surface area is 126 Å². The van der Waals surface area contributed by atoms with Crippen molar-refractivity contribution in [2.75, 3.05) is 16.9 Å². The first-order chi connectivity index (χ1) is 10.2. The highest BCUT2D eigenvalue weighted by Crippen LogP contribution is 2.30. The summed E-state index contributed by atoms with van der Waals surface area (Å²) in [5.41, 5.74) is 5.00. The lowest BCUT2D eigenvalue weighted by Crippen LogP contribution is -2.26. The number of nitrogen functional groups attached to an aromatic ring is 1. The van der Waals surface area contributed by atoms with Gasteiger partial charge in [0.05, 0.1) is 0 Å². The lowest BCUT2D eigenvalue weighted by Gasteiger charge is -2.26. The van der Waals surface area contributed by atoms with Crippen molar-refractivity contribution in [2.45, 2.75) is 33.2 Å². The molecule has 0 spiro atoms. The third kappa shape index (κ3) is 3.49. The van der Waals surface area contributed by atoms with Crippen LogP contribution in [0, 0.1) is 0 Å². The van der Waals surface area contributed by atoms with Crippen molar-refractivity contribution in [2.24, 2.45) is 5.84 Å². The van der Waals surface area contributed by atoms with Crippen LogP contribution in [0.1, 0.15) is 37.8 Å². The van der Waals surface area contributed by atoms with Crippen molar-refractivity contribution in [1.29, 1.82) is 0 Å². The number of hydrogen-bond donors (Lipinski definition) is 2. The summed E-state index contributed by atoms with van der Waals surface area (Å²) in [4.78, 5) is 11.0. The van der Waals surface area contributed by atoms with E-state index in [4.69, 9.17) is 5.84 Å². The van der Waals surface area contributed by atoms with Crippen molar-refractivity contribution in [3.63, 3.8) is 0 Å². The van der Waals surface area contributed by atoms with E-state index in [9.17, 15) is 0 Å². The number of anilines is 2. The predicted molar refractivity (Wildman–Crippen MR) is 87.1 cm³/mol. The predicted octanol–water partition coefficient (Wildman–Crippen LogP) is 2.91. The van der Waals surface area contributed by atoms with E-state index in [1.165, 1.54) is 5.56 Å². The number of nitrogens with two attached hydrogens (primary N) is 1. The average molecular weight is 285 g/mol. The molecule has 1 aromatic carbocycles. The zero-order valence-corrected chi connectivity index (χ0v) is 12.9. The maximum absolute atomic E-state index is 5.59. The second-order valence-corrected chi connectivity index (χ2v) is 5.26. The fourth-order valence-corrected chi connectivity index (χ4v) is 2.43. The van der Waals surface area contributed by atoms with Crippen LogP contribution in [0.4, 0.5) is 11.6 Å². The van der Waals surface area contributed by atoms with Gasteiger partial charge in [0.2, 0.25) is 0 Å². The molecule has 0 bridgehead atoms. The van der Waals surface area contributed by atoms with Crippen LogP contribution in [0.5, 0.6) is 0 Å². The molecule has 5 heteroatoms. The molecule has 1 aromatic heterocycles. The van der Waals surface area contributed by atoms with Gasteiger partial charge in [-0.15, -0.1) is 0 Å². The smallest absolute Gasteiger partial charge is 0.148 e. The van der Waals surface area contributed by atoms with E-state index in [2.05, 4.69) is 65.3 Å². The molecule has 0 unspecified atom stereocenters. The van der Waals surface area contributed by atoms with E-state index < -0.39 is 0 Å². The molecule has 21 heavy (non-hydrogen) atoms. The van der Waals surface area contributed by atoms with Crippen molar-refractivity contribution in [3.8, 4) is 0 Å². The van der Waals surface area contributed by atoms with Gasteiger partial charge in [0.15, 0.2) is 0 Å². The van der Waals surface area contributed by atoms with E-state index in [0.717, 1.165) is 24.5 Å². The average Bonchev–Trinajstić information content (AvgIpc) is 2.52.